The Morgan fingerprint density at radius 2 is 2.31 bits per heavy atom. The molecule has 16 heavy (non-hydrogen) atoms. The van der Waals surface area contributed by atoms with E-state index in [4.69, 9.17) is 6.42 Å². The number of aryl methyl sites for hydroxylation is 1. The molecule has 86 valence electrons. The number of nitrogens with zero attached hydrogens (tertiary/aromatic N) is 2. The molecule has 4 heteroatoms. The molecule has 1 amide bonds. The summed E-state index contributed by atoms with van der Waals surface area (Å²) < 4.78 is 2.82. The first-order valence-electron chi connectivity index (χ1n) is 5.22. The second kappa shape index (κ2) is 5.76. The molecule has 0 aliphatic carbocycles. The highest BCUT2D eigenvalue weighted by Gasteiger charge is 2.17. The first-order valence-corrected chi connectivity index (χ1v) is 6.01. The van der Waals surface area contributed by atoms with Gasteiger partial charge in [0.25, 0.3) is 5.91 Å². The van der Waals surface area contributed by atoms with Gasteiger partial charge in [0.05, 0.1) is 6.54 Å². The van der Waals surface area contributed by atoms with Gasteiger partial charge in [0, 0.05) is 23.8 Å². The molecular formula is C12H15BrN2O. The standard InChI is InChI=1S/C12H15BrN2O/c1-4-7-14(5-2)12(16)11-8-10(13)9-15(11)6-3/h1,8-9H,5-7H2,2-3H3. The van der Waals surface area contributed by atoms with Crippen molar-refractivity contribution in [1.29, 1.82) is 0 Å². The van der Waals surface area contributed by atoms with Crippen molar-refractivity contribution in [3.63, 3.8) is 0 Å². The summed E-state index contributed by atoms with van der Waals surface area (Å²) >= 11 is 3.37. The molecule has 1 aromatic rings. The van der Waals surface area contributed by atoms with E-state index in [2.05, 4.69) is 21.9 Å². The molecule has 0 unspecified atom stereocenters. The van der Waals surface area contributed by atoms with Crippen LogP contribution in [0.1, 0.15) is 24.3 Å². The molecule has 0 N–H and O–H groups in total. The average molecular weight is 283 g/mol. The van der Waals surface area contributed by atoms with Gasteiger partial charge in [-0.05, 0) is 35.8 Å². The molecule has 0 spiro atoms. The summed E-state index contributed by atoms with van der Waals surface area (Å²) in [6.07, 6.45) is 7.14. The molecule has 0 saturated carbocycles. The van der Waals surface area contributed by atoms with E-state index in [1.807, 2.05) is 30.7 Å². The first kappa shape index (κ1) is 12.9. The Kier molecular flexibility index (Phi) is 4.63. The van der Waals surface area contributed by atoms with Crippen LogP contribution in [0.3, 0.4) is 0 Å². The predicted molar refractivity (Wildman–Crippen MR) is 68.2 cm³/mol. The van der Waals surface area contributed by atoms with Crippen LogP contribution in [0.5, 0.6) is 0 Å². The van der Waals surface area contributed by atoms with Gasteiger partial charge >= 0.3 is 0 Å². The molecule has 0 aliphatic heterocycles. The number of carbonyl (C=O) groups excluding carboxylic acids is 1. The summed E-state index contributed by atoms with van der Waals surface area (Å²) in [4.78, 5) is 13.8. The van der Waals surface area contributed by atoms with Crippen LogP contribution < -0.4 is 0 Å². The second-order valence-corrected chi connectivity index (χ2v) is 4.27. The van der Waals surface area contributed by atoms with Crippen molar-refractivity contribution in [2.75, 3.05) is 13.1 Å². The van der Waals surface area contributed by atoms with Gasteiger partial charge in [-0.3, -0.25) is 4.79 Å². The maximum Gasteiger partial charge on any atom is 0.271 e. The highest BCUT2D eigenvalue weighted by atomic mass is 79.9. The number of terminal acetylenes is 1. The van der Waals surface area contributed by atoms with Gasteiger partial charge < -0.3 is 9.47 Å². The zero-order chi connectivity index (χ0) is 12.1. The molecule has 1 aromatic heterocycles. The van der Waals surface area contributed by atoms with E-state index in [-0.39, 0.29) is 5.91 Å². The van der Waals surface area contributed by atoms with Crippen molar-refractivity contribution < 1.29 is 4.79 Å². The van der Waals surface area contributed by atoms with E-state index >= 15 is 0 Å². The average Bonchev–Trinajstić information content (AvgIpc) is 2.66. The van der Waals surface area contributed by atoms with Crippen molar-refractivity contribution in [2.24, 2.45) is 0 Å². The summed E-state index contributed by atoms with van der Waals surface area (Å²) in [5.74, 6) is 2.48. The van der Waals surface area contributed by atoms with Crippen LogP contribution in [0, 0.1) is 12.3 Å². The molecule has 0 aromatic carbocycles. The zero-order valence-corrected chi connectivity index (χ0v) is 11.1. The highest BCUT2D eigenvalue weighted by Crippen LogP contribution is 2.16. The second-order valence-electron chi connectivity index (χ2n) is 3.35. The number of hydrogen-bond acceptors (Lipinski definition) is 1. The Hall–Kier alpha value is -1.21. The van der Waals surface area contributed by atoms with Crippen molar-refractivity contribution in [3.05, 3.63) is 22.4 Å². The van der Waals surface area contributed by atoms with Crippen molar-refractivity contribution >= 4 is 21.8 Å². The Bertz CT molecular complexity index is 417. The Labute approximate surface area is 105 Å². The summed E-state index contributed by atoms with van der Waals surface area (Å²) in [5.41, 5.74) is 0.673. The van der Waals surface area contributed by atoms with Crippen LogP contribution >= 0.6 is 15.9 Å². The van der Waals surface area contributed by atoms with Crippen LogP contribution in [0.2, 0.25) is 0 Å². The normalized spacial score (nSPS) is 9.88. The summed E-state index contributed by atoms with van der Waals surface area (Å²) in [5, 5.41) is 0. The van der Waals surface area contributed by atoms with Gasteiger partial charge in [-0.15, -0.1) is 6.42 Å². The van der Waals surface area contributed by atoms with Crippen molar-refractivity contribution in [2.45, 2.75) is 20.4 Å². The van der Waals surface area contributed by atoms with Crippen LogP contribution in [-0.2, 0) is 6.54 Å². The van der Waals surface area contributed by atoms with Crippen LogP contribution in [0.15, 0.2) is 16.7 Å². The number of aromatic nitrogens is 1. The lowest BCUT2D eigenvalue weighted by Gasteiger charge is -2.18. The minimum atomic E-state index is -0.0204. The summed E-state index contributed by atoms with van der Waals surface area (Å²) in [6, 6.07) is 1.82. The first-order chi connectivity index (χ1) is 7.63. The predicted octanol–water partition coefficient (Wildman–Crippen LogP) is 2.37. The van der Waals surface area contributed by atoms with Gasteiger partial charge in [0.15, 0.2) is 0 Å². The molecule has 0 radical (unpaired) electrons. The van der Waals surface area contributed by atoms with Crippen LogP contribution in [-0.4, -0.2) is 28.5 Å². The zero-order valence-electron chi connectivity index (χ0n) is 9.53. The van der Waals surface area contributed by atoms with E-state index < -0.39 is 0 Å². The lowest BCUT2D eigenvalue weighted by Crippen LogP contribution is -2.32. The monoisotopic (exact) mass is 282 g/mol. The maximum atomic E-state index is 12.1. The number of rotatable bonds is 4. The minimum Gasteiger partial charge on any atom is -0.343 e. The van der Waals surface area contributed by atoms with Gasteiger partial charge in [0.2, 0.25) is 0 Å². The Balaban J connectivity index is 2.98. The minimum absolute atomic E-state index is 0.0204. The van der Waals surface area contributed by atoms with Gasteiger partial charge in [-0.1, -0.05) is 5.92 Å². The SMILES string of the molecule is C#CCN(CC)C(=O)c1cc(Br)cn1CC. The number of amides is 1. The Morgan fingerprint density at radius 3 is 2.81 bits per heavy atom. The molecule has 1 rings (SSSR count). The van der Waals surface area contributed by atoms with Gasteiger partial charge in [-0.2, -0.15) is 0 Å². The molecule has 0 saturated heterocycles. The molecular weight excluding hydrogens is 268 g/mol. The summed E-state index contributed by atoms with van der Waals surface area (Å²) in [6.45, 7) is 5.65. The van der Waals surface area contributed by atoms with Crippen molar-refractivity contribution in [1.82, 2.24) is 9.47 Å². The number of halogens is 1. The fourth-order valence-electron chi connectivity index (χ4n) is 1.51. The third-order valence-electron chi connectivity index (χ3n) is 2.37. The van der Waals surface area contributed by atoms with Gasteiger partial charge in [0.1, 0.15) is 5.69 Å². The molecule has 0 atom stereocenters. The maximum absolute atomic E-state index is 12.1. The topological polar surface area (TPSA) is 25.2 Å². The Morgan fingerprint density at radius 1 is 1.62 bits per heavy atom. The molecule has 1 heterocycles. The van der Waals surface area contributed by atoms with E-state index in [9.17, 15) is 4.79 Å². The van der Waals surface area contributed by atoms with E-state index in [0.717, 1.165) is 11.0 Å². The molecule has 0 aliphatic rings. The largest absolute Gasteiger partial charge is 0.343 e. The number of carbonyl (C=O) groups is 1. The molecule has 0 bridgehead atoms. The van der Waals surface area contributed by atoms with E-state index in [1.54, 1.807) is 4.90 Å². The third kappa shape index (κ3) is 2.67. The molecule has 3 nitrogen and oxygen atoms in total. The fourth-order valence-corrected chi connectivity index (χ4v) is 1.98. The summed E-state index contributed by atoms with van der Waals surface area (Å²) in [7, 11) is 0. The van der Waals surface area contributed by atoms with Crippen LogP contribution in [0.25, 0.3) is 0 Å². The lowest BCUT2D eigenvalue weighted by molar-refractivity contribution is 0.0774. The lowest BCUT2D eigenvalue weighted by atomic mass is 10.3. The quantitative estimate of drug-likeness (QED) is 0.779. The molecule has 0 fully saturated rings. The highest BCUT2D eigenvalue weighted by molar-refractivity contribution is 9.10. The van der Waals surface area contributed by atoms with E-state index in [1.165, 1.54) is 0 Å². The van der Waals surface area contributed by atoms with Crippen LogP contribution in [0.4, 0.5) is 0 Å². The number of hydrogen-bond donors (Lipinski definition) is 0. The fraction of sp³-hybridized carbons (Fsp3) is 0.417. The smallest absolute Gasteiger partial charge is 0.271 e. The van der Waals surface area contributed by atoms with Gasteiger partial charge in [-0.25, -0.2) is 0 Å². The van der Waals surface area contributed by atoms with Crippen molar-refractivity contribution in [3.8, 4) is 12.3 Å². The van der Waals surface area contributed by atoms with E-state index in [0.29, 0.717) is 18.8 Å². The third-order valence-corrected chi connectivity index (χ3v) is 2.81.